The Labute approximate surface area is 89.0 Å². The van der Waals surface area contributed by atoms with E-state index in [0.717, 1.165) is 0 Å². The number of pyridine rings is 1. The molecule has 0 spiro atoms. The lowest BCUT2D eigenvalue weighted by atomic mass is 10.1. The molecule has 94 valence electrons. The summed E-state index contributed by atoms with van der Waals surface area (Å²) in [6.45, 7) is 0. The molecule has 0 amide bonds. The van der Waals surface area contributed by atoms with Gasteiger partial charge in [-0.25, -0.2) is 13.8 Å². The molecule has 1 aromatic heterocycles. The highest BCUT2D eigenvalue weighted by molar-refractivity contribution is 5.38. The van der Waals surface area contributed by atoms with Crippen LogP contribution in [0.2, 0.25) is 0 Å². The summed E-state index contributed by atoms with van der Waals surface area (Å²) in [6.07, 6.45) is -9.23. The second-order valence-electron chi connectivity index (χ2n) is 2.78. The lowest BCUT2D eigenvalue weighted by molar-refractivity contribution is -0.388. The SMILES string of the molecule is O=[N+]([O-])c1cnc(C(F)(F)F)c(C(F)F)c1F. The number of hydrogen-bond donors (Lipinski definition) is 0. The summed E-state index contributed by atoms with van der Waals surface area (Å²) in [5.41, 5.74) is -5.82. The summed E-state index contributed by atoms with van der Waals surface area (Å²) >= 11 is 0. The van der Waals surface area contributed by atoms with Crippen molar-refractivity contribution in [1.82, 2.24) is 4.98 Å². The van der Waals surface area contributed by atoms with Gasteiger partial charge in [0.2, 0.25) is 5.82 Å². The van der Waals surface area contributed by atoms with Crippen LogP contribution >= 0.6 is 0 Å². The van der Waals surface area contributed by atoms with E-state index in [4.69, 9.17) is 0 Å². The van der Waals surface area contributed by atoms with E-state index < -0.39 is 40.3 Å². The largest absolute Gasteiger partial charge is 0.433 e. The zero-order valence-electron chi connectivity index (χ0n) is 7.63. The molecule has 0 saturated carbocycles. The topological polar surface area (TPSA) is 56.0 Å². The smallest absolute Gasteiger partial charge is 0.258 e. The van der Waals surface area contributed by atoms with Crippen molar-refractivity contribution in [3.63, 3.8) is 0 Å². The van der Waals surface area contributed by atoms with Crippen molar-refractivity contribution in [3.8, 4) is 0 Å². The molecule has 1 aromatic rings. The van der Waals surface area contributed by atoms with Gasteiger partial charge >= 0.3 is 11.9 Å². The van der Waals surface area contributed by atoms with Crippen LogP contribution in [0.1, 0.15) is 17.7 Å². The van der Waals surface area contributed by atoms with Gasteiger partial charge in [0.25, 0.3) is 6.43 Å². The predicted octanol–water partition coefficient (Wildman–Crippen LogP) is 3.09. The van der Waals surface area contributed by atoms with Gasteiger partial charge in [-0.05, 0) is 0 Å². The monoisotopic (exact) mass is 260 g/mol. The van der Waals surface area contributed by atoms with Crippen molar-refractivity contribution < 1.29 is 31.3 Å². The third kappa shape index (κ3) is 2.45. The Morgan fingerprint density at radius 3 is 2.24 bits per heavy atom. The normalized spacial score (nSPS) is 11.9. The molecule has 0 atom stereocenters. The van der Waals surface area contributed by atoms with Crippen molar-refractivity contribution in [2.24, 2.45) is 0 Å². The first-order valence-electron chi connectivity index (χ1n) is 3.84. The van der Waals surface area contributed by atoms with Crippen molar-refractivity contribution in [3.05, 3.63) is 33.4 Å². The molecule has 0 radical (unpaired) electrons. The van der Waals surface area contributed by atoms with Crippen LogP contribution in [0.15, 0.2) is 6.20 Å². The van der Waals surface area contributed by atoms with E-state index in [1.165, 1.54) is 0 Å². The lowest BCUT2D eigenvalue weighted by Crippen LogP contribution is -2.15. The van der Waals surface area contributed by atoms with Gasteiger partial charge in [-0.2, -0.15) is 17.6 Å². The maximum Gasteiger partial charge on any atom is 0.433 e. The quantitative estimate of drug-likeness (QED) is 0.466. The zero-order chi connectivity index (χ0) is 13.4. The summed E-state index contributed by atoms with van der Waals surface area (Å²) in [7, 11) is 0. The maximum atomic E-state index is 13.1. The first-order chi connectivity index (χ1) is 7.66. The number of nitrogens with zero attached hydrogens (tertiary/aromatic N) is 2. The first kappa shape index (κ1) is 13.2. The Hall–Kier alpha value is -1.87. The molecule has 0 bridgehead atoms. The van der Waals surface area contributed by atoms with Gasteiger partial charge in [-0.1, -0.05) is 0 Å². The molecule has 0 aliphatic carbocycles. The van der Waals surface area contributed by atoms with Crippen LogP contribution in [0.25, 0.3) is 0 Å². The Balaban J connectivity index is 3.57. The molecular formula is C7H2F6N2O2. The van der Waals surface area contributed by atoms with Crippen LogP contribution < -0.4 is 0 Å². The van der Waals surface area contributed by atoms with E-state index in [1.54, 1.807) is 0 Å². The van der Waals surface area contributed by atoms with Gasteiger partial charge in [0, 0.05) is 0 Å². The summed E-state index contributed by atoms with van der Waals surface area (Å²) in [5, 5.41) is 10.2. The van der Waals surface area contributed by atoms with Crippen LogP contribution in [0.4, 0.5) is 32.0 Å². The van der Waals surface area contributed by atoms with Gasteiger partial charge in [0.15, 0.2) is 5.69 Å². The average Bonchev–Trinajstić information content (AvgIpc) is 2.14. The molecule has 17 heavy (non-hydrogen) atoms. The summed E-state index contributed by atoms with van der Waals surface area (Å²) < 4.78 is 74.2. The fourth-order valence-corrected chi connectivity index (χ4v) is 1.05. The number of alkyl halides is 5. The highest BCUT2D eigenvalue weighted by Gasteiger charge is 2.41. The number of halogens is 6. The van der Waals surface area contributed by atoms with Crippen molar-refractivity contribution in [1.29, 1.82) is 0 Å². The fourth-order valence-electron chi connectivity index (χ4n) is 1.05. The van der Waals surface area contributed by atoms with Crippen LogP contribution in [0, 0.1) is 15.9 Å². The standard InChI is InChI=1S/C7H2F6N2O2/c8-4-2(15(16)17)1-14-5(7(11,12)13)3(4)6(9)10/h1,6H. The second kappa shape index (κ2) is 4.18. The minimum atomic E-state index is -5.32. The van der Waals surface area contributed by atoms with E-state index in [9.17, 15) is 36.5 Å². The zero-order valence-corrected chi connectivity index (χ0v) is 7.63. The summed E-state index contributed by atoms with van der Waals surface area (Å²) in [5.74, 6) is -2.23. The third-order valence-electron chi connectivity index (χ3n) is 1.72. The molecule has 0 aromatic carbocycles. The molecule has 1 rings (SSSR count). The number of hydrogen-bond acceptors (Lipinski definition) is 3. The fraction of sp³-hybridized carbons (Fsp3) is 0.286. The Morgan fingerprint density at radius 2 is 1.88 bits per heavy atom. The summed E-state index contributed by atoms with van der Waals surface area (Å²) in [6, 6.07) is 0. The number of nitro groups is 1. The minimum absolute atomic E-state index is 0.0516. The molecule has 0 saturated heterocycles. The van der Waals surface area contributed by atoms with Crippen LogP contribution in [0.5, 0.6) is 0 Å². The lowest BCUT2D eigenvalue weighted by Gasteiger charge is -2.11. The molecule has 1 heterocycles. The average molecular weight is 260 g/mol. The molecule has 10 heteroatoms. The van der Waals surface area contributed by atoms with E-state index in [-0.39, 0.29) is 6.20 Å². The minimum Gasteiger partial charge on any atom is -0.258 e. The molecule has 0 aliphatic heterocycles. The first-order valence-corrected chi connectivity index (χ1v) is 3.84. The van der Waals surface area contributed by atoms with E-state index in [1.807, 2.05) is 0 Å². The Morgan fingerprint density at radius 1 is 1.35 bits per heavy atom. The molecule has 0 fully saturated rings. The number of aromatic nitrogens is 1. The second-order valence-corrected chi connectivity index (χ2v) is 2.78. The van der Waals surface area contributed by atoms with Gasteiger partial charge < -0.3 is 0 Å². The maximum absolute atomic E-state index is 13.1. The van der Waals surface area contributed by atoms with Crippen molar-refractivity contribution in [2.75, 3.05) is 0 Å². The van der Waals surface area contributed by atoms with Gasteiger partial charge in [-0.3, -0.25) is 10.1 Å². The van der Waals surface area contributed by atoms with E-state index >= 15 is 0 Å². The molecule has 0 unspecified atom stereocenters. The van der Waals surface area contributed by atoms with Crippen LogP contribution in [0.3, 0.4) is 0 Å². The third-order valence-corrected chi connectivity index (χ3v) is 1.72. The van der Waals surface area contributed by atoms with Gasteiger partial charge in [-0.15, -0.1) is 0 Å². The Kier molecular flexibility index (Phi) is 3.25. The van der Waals surface area contributed by atoms with Crippen LogP contribution in [-0.4, -0.2) is 9.91 Å². The van der Waals surface area contributed by atoms with Crippen molar-refractivity contribution in [2.45, 2.75) is 12.6 Å². The van der Waals surface area contributed by atoms with Crippen LogP contribution in [-0.2, 0) is 6.18 Å². The van der Waals surface area contributed by atoms with Crippen molar-refractivity contribution >= 4 is 5.69 Å². The molecule has 0 aliphatic rings. The van der Waals surface area contributed by atoms with Gasteiger partial charge in [0.1, 0.15) is 6.20 Å². The molecule has 0 N–H and O–H groups in total. The predicted molar refractivity (Wildman–Crippen MR) is 40.8 cm³/mol. The van der Waals surface area contributed by atoms with E-state index in [0.29, 0.717) is 0 Å². The Bertz CT molecular complexity index is 458. The molecule has 4 nitrogen and oxygen atoms in total. The summed E-state index contributed by atoms with van der Waals surface area (Å²) in [4.78, 5) is 11.2. The molecular weight excluding hydrogens is 258 g/mol. The number of rotatable bonds is 2. The highest BCUT2D eigenvalue weighted by atomic mass is 19.4. The van der Waals surface area contributed by atoms with E-state index in [2.05, 4.69) is 4.98 Å². The van der Waals surface area contributed by atoms with Gasteiger partial charge in [0.05, 0.1) is 10.5 Å². The highest BCUT2D eigenvalue weighted by Crippen LogP contribution is 2.38.